The van der Waals surface area contributed by atoms with Crippen molar-refractivity contribution in [1.29, 1.82) is 0 Å². The lowest BCUT2D eigenvalue weighted by Gasteiger charge is -2.23. The molecule has 0 spiro atoms. The van der Waals surface area contributed by atoms with E-state index in [-0.39, 0.29) is 5.41 Å². The van der Waals surface area contributed by atoms with Crippen molar-refractivity contribution < 1.29 is 9.53 Å². The zero-order chi connectivity index (χ0) is 15.6. The summed E-state index contributed by atoms with van der Waals surface area (Å²) >= 11 is 3.38. The van der Waals surface area contributed by atoms with E-state index in [0.29, 0.717) is 11.3 Å². The van der Waals surface area contributed by atoms with Gasteiger partial charge in [0.15, 0.2) is 6.29 Å². The Morgan fingerprint density at radius 3 is 2.38 bits per heavy atom. The van der Waals surface area contributed by atoms with E-state index in [4.69, 9.17) is 4.74 Å². The Bertz CT molecular complexity index is 669. The number of carbonyl (C=O) groups excluding carboxylic acids is 1. The van der Waals surface area contributed by atoms with Crippen molar-refractivity contribution in [3.63, 3.8) is 0 Å². The molecule has 0 atom stereocenters. The maximum atomic E-state index is 10.9. The Labute approximate surface area is 134 Å². The fourth-order valence-electron chi connectivity index (χ4n) is 2.13. The summed E-state index contributed by atoms with van der Waals surface area (Å²) < 4.78 is 6.79. The molecule has 0 aliphatic carbocycles. The fourth-order valence-corrected chi connectivity index (χ4v) is 2.58. The smallest absolute Gasteiger partial charge is 0.151 e. The van der Waals surface area contributed by atoms with Gasteiger partial charge in [0.1, 0.15) is 11.5 Å². The number of aryl methyl sites for hydroxylation is 1. The molecule has 0 fully saturated rings. The van der Waals surface area contributed by atoms with Gasteiger partial charge in [0.25, 0.3) is 0 Å². The molecule has 0 aliphatic rings. The van der Waals surface area contributed by atoms with E-state index in [1.54, 1.807) is 6.07 Å². The maximum absolute atomic E-state index is 10.9. The zero-order valence-electron chi connectivity index (χ0n) is 12.7. The van der Waals surface area contributed by atoms with E-state index in [1.165, 1.54) is 0 Å². The molecule has 21 heavy (non-hydrogen) atoms. The minimum Gasteiger partial charge on any atom is -0.457 e. The van der Waals surface area contributed by atoms with Crippen LogP contribution in [0.5, 0.6) is 11.5 Å². The van der Waals surface area contributed by atoms with Crippen LogP contribution in [0.3, 0.4) is 0 Å². The quantitative estimate of drug-likeness (QED) is 0.670. The first-order valence-electron chi connectivity index (χ1n) is 6.85. The standard InChI is InChI=1S/C18H19BrO2/c1-12-5-8-15(18(2,3)4)17(9-12)21-14-7-6-13(11-20)16(19)10-14/h5-11H,1-4H3. The molecule has 0 aromatic heterocycles. The summed E-state index contributed by atoms with van der Waals surface area (Å²) in [6, 6.07) is 11.6. The molecule has 0 saturated heterocycles. The van der Waals surface area contributed by atoms with Crippen LogP contribution in [-0.2, 0) is 5.41 Å². The van der Waals surface area contributed by atoms with E-state index in [1.807, 2.05) is 25.1 Å². The Balaban J connectivity index is 2.41. The first-order valence-corrected chi connectivity index (χ1v) is 7.64. The van der Waals surface area contributed by atoms with Crippen LogP contribution in [-0.4, -0.2) is 6.29 Å². The summed E-state index contributed by atoms with van der Waals surface area (Å²) in [5, 5.41) is 0. The second-order valence-corrected chi connectivity index (χ2v) is 7.01. The van der Waals surface area contributed by atoms with Gasteiger partial charge in [-0.05, 0) is 58.1 Å². The second-order valence-electron chi connectivity index (χ2n) is 6.15. The molecule has 2 aromatic rings. The number of carbonyl (C=O) groups is 1. The van der Waals surface area contributed by atoms with Crippen LogP contribution in [0.25, 0.3) is 0 Å². The van der Waals surface area contributed by atoms with Crippen molar-refractivity contribution in [3.8, 4) is 11.5 Å². The van der Waals surface area contributed by atoms with Gasteiger partial charge in [0.05, 0.1) is 0 Å². The number of rotatable bonds is 3. The van der Waals surface area contributed by atoms with E-state index >= 15 is 0 Å². The molecular formula is C18H19BrO2. The van der Waals surface area contributed by atoms with Crippen molar-refractivity contribution in [2.24, 2.45) is 0 Å². The van der Waals surface area contributed by atoms with Crippen LogP contribution >= 0.6 is 15.9 Å². The number of ether oxygens (including phenoxy) is 1. The third kappa shape index (κ3) is 3.73. The molecule has 0 aliphatic heterocycles. The van der Waals surface area contributed by atoms with E-state index < -0.39 is 0 Å². The summed E-state index contributed by atoms with van der Waals surface area (Å²) in [5.41, 5.74) is 2.93. The highest BCUT2D eigenvalue weighted by atomic mass is 79.9. The minimum atomic E-state index is 0.00298. The maximum Gasteiger partial charge on any atom is 0.151 e. The van der Waals surface area contributed by atoms with Crippen molar-refractivity contribution in [2.75, 3.05) is 0 Å². The van der Waals surface area contributed by atoms with E-state index in [9.17, 15) is 4.79 Å². The highest BCUT2D eigenvalue weighted by Gasteiger charge is 2.19. The predicted molar refractivity (Wildman–Crippen MR) is 89.5 cm³/mol. The third-order valence-corrected chi connectivity index (χ3v) is 3.96. The molecule has 3 heteroatoms. The predicted octanol–water partition coefficient (Wildman–Crippen LogP) is 5.66. The molecule has 2 aromatic carbocycles. The average molecular weight is 347 g/mol. The summed E-state index contributed by atoms with van der Waals surface area (Å²) in [4.78, 5) is 10.9. The van der Waals surface area contributed by atoms with Crippen molar-refractivity contribution in [3.05, 3.63) is 57.6 Å². The van der Waals surface area contributed by atoms with Gasteiger partial charge >= 0.3 is 0 Å². The summed E-state index contributed by atoms with van der Waals surface area (Å²) in [6.07, 6.45) is 0.821. The molecule has 0 bridgehead atoms. The minimum absolute atomic E-state index is 0.00298. The van der Waals surface area contributed by atoms with Gasteiger partial charge in [-0.25, -0.2) is 0 Å². The first-order chi connectivity index (χ1) is 9.81. The first kappa shape index (κ1) is 15.8. The zero-order valence-corrected chi connectivity index (χ0v) is 14.3. The monoisotopic (exact) mass is 346 g/mol. The summed E-state index contributed by atoms with van der Waals surface area (Å²) in [5.74, 6) is 1.57. The molecule has 0 saturated carbocycles. The Morgan fingerprint density at radius 1 is 1.10 bits per heavy atom. The molecule has 0 amide bonds. The average Bonchev–Trinajstić information content (AvgIpc) is 2.37. The van der Waals surface area contributed by atoms with Gasteiger partial charge in [-0.15, -0.1) is 0 Å². The lowest BCUT2D eigenvalue weighted by atomic mass is 9.86. The van der Waals surface area contributed by atoms with Crippen molar-refractivity contribution >= 4 is 22.2 Å². The second kappa shape index (κ2) is 6.02. The van der Waals surface area contributed by atoms with Gasteiger partial charge in [-0.3, -0.25) is 4.79 Å². The fraction of sp³-hybridized carbons (Fsp3) is 0.278. The molecule has 2 rings (SSSR count). The summed E-state index contributed by atoms with van der Waals surface area (Å²) in [6.45, 7) is 8.53. The molecule has 0 radical (unpaired) electrons. The Hall–Kier alpha value is -1.61. The van der Waals surface area contributed by atoms with Crippen LogP contribution in [0.15, 0.2) is 40.9 Å². The molecular weight excluding hydrogens is 328 g/mol. The van der Waals surface area contributed by atoms with Gasteiger partial charge in [0, 0.05) is 15.6 Å². The van der Waals surface area contributed by atoms with Gasteiger partial charge in [-0.1, -0.05) is 32.9 Å². The highest BCUT2D eigenvalue weighted by Crippen LogP contribution is 2.35. The molecule has 110 valence electrons. The largest absolute Gasteiger partial charge is 0.457 e. The topological polar surface area (TPSA) is 26.3 Å². The molecule has 2 nitrogen and oxygen atoms in total. The van der Waals surface area contributed by atoms with Crippen LogP contribution in [0.1, 0.15) is 42.3 Å². The van der Waals surface area contributed by atoms with Crippen LogP contribution in [0.2, 0.25) is 0 Å². The number of hydrogen-bond acceptors (Lipinski definition) is 2. The van der Waals surface area contributed by atoms with E-state index in [2.05, 4.69) is 48.8 Å². The molecule has 0 heterocycles. The van der Waals surface area contributed by atoms with Crippen molar-refractivity contribution in [2.45, 2.75) is 33.1 Å². The highest BCUT2D eigenvalue weighted by molar-refractivity contribution is 9.10. The Morgan fingerprint density at radius 2 is 1.81 bits per heavy atom. The lowest BCUT2D eigenvalue weighted by Crippen LogP contribution is -2.12. The number of hydrogen-bond donors (Lipinski definition) is 0. The Kier molecular flexibility index (Phi) is 4.52. The van der Waals surface area contributed by atoms with Crippen molar-refractivity contribution in [1.82, 2.24) is 0 Å². The number of halogens is 1. The molecule has 0 N–H and O–H groups in total. The van der Waals surface area contributed by atoms with Gasteiger partial charge in [0.2, 0.25) is 0 Å². The third-order valence-electron chi connectivity index (χ3n) is 3.27. The van der Waals surface area contributed by atoms with Gasteiger partial charge in [-0.2, -0.15) is 0 Å². The van der Waals surface area contributed by atoms with Crippen LogP contribution < -0.4 is 4.74 Å². The number of benzene rings is 2. The van der Waals surface area contributed by atoms with Crippen LogP contribution in [0.4, 0.5) is 0 Å². The SMILES string of the molecule is Cc1ccc(C(C)(C)C)c(Oc2ccc(C=O)c(Br)c2)c1. The normalized spacial score (nSPS) is 11.3. The van der Waals surface area contributed by atoms with Gasteiger partial charge < -0.3 is 4.74 Å². The van der Waals surface area contributed by atoms with E-state index in [0.717, 1.165) is 27.6 Å². The number of aldehydes is 1. The van der Waals surface area contributed by atoms with Crippen LogP contribution in [0, 0.1) is 6.92 Å². The lowest BCUT2D eigenvalue weighted by molar-refractivity contribution is 0.112. The summed E-state index contributed by atoms with van der Waals surface area (Å²) in [7, 11) is 0. The molecule has 0 unspecified atom stereocenters.